The SMILES string of the molecule is CCC(CC)C(=O)c1cc(OC)ccc1Cl. The van der Waals surface area contributed by atoms with E-state index in [1.54, 1.807) is 25.3 Å². The first-order valence-corrected chi connectivity index (χ1v) is 5.89. The monoisotopic (exact) mass is 240 g/mol. The van der Waals surface area contributed by atoms with Gasteiger partial charge in [0.15, 0.2) is 5.78 Å². The van der Waals surface area contributed by atoms with Gasteiger partial charge in [0, 0.05) is 11.5 Å². The number of halogens is 1. The Bertz CT molecular complexity index is 370. The predicted molar refractivity (Wildman–Crippen MR) is 66.4 cm³/mol. The van der Waals surface area contributed by atoms with Crippen molar-refractivity contribution >= 4 is 17.4 Å². The van der Waals surface area contributed by atoms with Crippen molar-refractivity contribution < 1.29 is 9.53 Å². The van der Waals surface area contributed by atoms with Crippen molar-refractivity contribution in [3.8, 4) is 5.75 Å². The highest BCUT2D eigenvalue weighted by molar-refractivity contribution is 6.34. The van der Waals surface area contributed by atoms with Crippen molar-refractivity contribution in [2.75, 3.05) is 7.11 Å². The standard InChI is InChI=1S/C13H17ClO2/c1-4-9(5-2)13(15)11-8-10(16-3)6-7-12(11)14/h6-9H,4-5H2,1-3H3. The average Bonchev–Trinajstić information content (AvgIpc) is 2.31. The first kappa shape index (κ1) is 13.0. The van der Waals surface area contributed by atoms with E-state index in [-0.39, 0.29) is 11.7 Å². The number of carbonyl (C=O) groups excluding carboxylic acids is 1. The summed E-state index contributed by atoms with van der Waals surface area (Å²) in [7, 11) is 1.58. The third-order valence-corrected chi connectivity index (χ3v) is 3.12. The van der Waals surface area contributed by atoms with Crippen LogP contribution in [0, 0.1) is 5.92 Å². The normalized spacial score (nSPS) is 10.6. The van der Waals surface area contributed by atoms with Crippen molar-refractivity contribution in [1.29, 1.82) is 0 Å². The maximum absolute atomic E-state index is 12.2. The van der Waals surface area contributed by atoms with Gasteiger partial charge < -0.3 is 4.74 Å². The molecule has 0 atom stereocenters. The molecule has 0 fully saturated rings. The molecule has 3 heteroatoms. The van der Waals surface area contributed by atoms with Gasteiger partial charge in [0.2, 0.25) is 0 Å². The van der Waals surface area contributed by atoms with Gasteiger partial charge in [-0.05, 0) is 31.0 Å². The highest BCUT2D eigenvalue weighted by Crippen LogP contribution is 2.26. The molecular weight excluding hydrogens is 224 g/mol. The second kappa shape index (κ2) is 5.90. The number of Topliss-reactive ketones (excluding diaryl/α,β-unsaturated/α-hetero) is 1. The predicted octanol–water partition coefficient (Wildman–Crippen LogP) is 3.97. The minimum Gasteiger partial charge on any atom is -0.497 e. The minimum absolute atomic E-state index is 0.0459. The minimum atomic E-state index is 0.0459. The summed E-state index contributed by atoms with van der Waals surface area (Å²) >= 11 is 6.03. The fourth-order valence-electron chi connectivity index (χ4n) is 1.70. The molecule has 16 heavy (non-hydrogen) atoms. The van der Waals surface area contributed by atoms with Crippen LogP contribution >= 0.6 is 11.6 Å². The summed E-state index contributed by atoms with van der Waals surface area (Å²) in [5, 5.41) is 0.498. The zero-order valence-electron chi connectivity index (χ0n) is 9.92. The lowest BCUT2D eigenvalue weighted by Gasteiger charge is -2.13. The van der Waals surface area contributed by atoms with Crippen LogP contribution in [0.4, 0.5) is 0 Å². The van der Waals surface area contributed by atoms with E-state index in [1.165, 1.54) is 0 Å². The fourth-order valence-corrected chi connectivity index (χ4v) is 1.91. The van der Waals surface area contributed by atoms with Crippen LogP contribution in [-0.4, -0.2) is 12.9 Å². The van der Waals surface area contributed by atoms with Gasteiger partial charge in [0.25, 0.3) is 0 Å². The summed E-state index contributed by atoms with van der Waals surface area (Å²) in [5.74, 6) is 0.817. The lowest BCUT2D eigenvalue weighted by Crippen LogP contribution is -2.13. The molecule has 0 saturated heterocycles. The summed E-state index contributed by atoms with van der Waals surface area (Å²) in [4.78, 5) is 12.2. The highest BCUT2D eigenvalue weighted by atomic mass is 35.5. The third kappa shape index (κ3) is 2.76. The molecule has 88 valence electrons. The lowest BCUT2D eigenvalue weighted by atomic mass is 9.93. The van der Waals surface area contributed by atoms with Crippen LogP contribution in [0.1, 0.15) is 37.0 Å². The van der Waals surface area contributed by atoms with Crippen LogP contribution in [0.15, 0.2) is 18.2 Å². The van der Waals surface area contributed by atoms with Crippen molar-refractivity contribution in [2.45, 2.75) is 26.7 Å². The van der Waals surface area contributed by atoms with Crippen LogP contribution in [0.3, 0.4) is 0 Å². The Kier molecular flexibility index (Phi) is 4.81. The maximum Gasteiger partial charge on any atom is 0.167 e. The van der Waals surface area contributed by atoms with E-state index >= 15 is 0 Å². The molecule has 0 bridgehead atoms. The molecule has 1 aromatic rings. The molecule has 0 heterocycles. The number of hydrogen-bond donors (Lipinski definition) is 0. The Balaban J connectivity index is 3.06. The van der Waals surface area contributed by atoms with Gasteiger partial charge in [0.05, 0.1) is 12.1 Å². The first-order valence-electron chi connectivity index (χ1n) is 5.51. The Morgan fingerprint density at radius 1 is 1.38 bits per heavy atom. The van der Waals surface area contributed by atoms with Crippen molar-refractivity contribution in [3.63, 3.8) is 0 Å². The van der Waals surface area contributed by atoms with E-state index in [2.05, 4.69) is 0 Å². The van der Waals surface area contributed by atoms with Crippen LogP contribution in [0.2, 0.25) is 5.02 Å². The van der Waals surface area contributed by atoms with Crippen molar-refractivity contribution in [2.24, 2.45) is 5.92 Å². The quantitative estimate of drug-likeness (QED) is 0.728. The van der Waals surface area contributed by atoms with Gasteiger partial charge >= 0.3 is 0 Å². The molecule has 0 aliphatic heterocycles. The van der Waals surface area contributed by atoms with E-state index in [4.69, 9.17) is 16.3 Å². The number of benzene rings is 1. The first-order chi connectivity index (χ1) is 7.63. The molecule has 0 amide bonds. The molecule has 1 rings (SSSR count). The maximum atomic E-state index is 12.2. The summed E-state index contributed by atoms with van der Waals surface area (Å²) in [6, 6.07) is 5.17. The highest BCUT2D eigenvalue weighted by Gasteiger charge is 2.19. The number of ether oxygens (including phenoxy) is 1. The van der Waals surface area contributed by atoms with Gasteiger partial charge in [0.1, 0.15) is 5.75 Å². The van der Waals surface area contributed by atoms with Crippen LogP contribution < -0.4 is 4.74 Å². The Labute approximate surface area is 102 Å². The summed E-state index contributed by atoms with van der Waals surface area (Å²) in [6.45, 7) is 4.03. The second-order valence-electron chi connectivity index (χ2n) is 3.72. The van der Waals surface area contributed by atoms with E-state index < -0.39 is 0 Å². The second-order valence-corrected chi connectivity index (χ2v) is 4.13. The summed E-state index contributed by atoms with van der Waals surface area (Å²) in [6.07, 6.45) is 1.67. The molecule has 2 nitrogen and oxygen atoms in total. The van der Waals surface area contributed by atoms with E-state index in [1.807, 2.05) is 13.8 Å². The molecule has 0 saturated carbocycles. The van der Waals surface area contributed by atoms with Crippen LogP contribution in [0.25, 0.3) is 0 Å². The van der Waals surface area contributed by atoms with Gasteiger partial charge in [-0.2, -0.15) is 0 Å². The van der Waals surface area contributed by atoms with Gasteiger partial charge in [-0.3, -0.25) is 4.79 Å². The lowest BCUT2D eigenvalue weighted by molar-refractivity contribution is 0.0913. The Morgan fingerprint density at radius 3 is 2.50 bits per heavy atom. The number of methoxy groups -OCH3 is 1. The zero-order chi connectivity index (χ0) is 12.1. The average molecular weight is 241 g/mol. The van der Waals surface area contributed by atoms with Crippen molar-refractivity contribution in [1.82, 2.24) is 0 Å². The molecule has 0 N–H and O–H groups in total. The summed E-state index contributed by atoms with van der Waals surface area (Å²) in [5.41, 5.74) is 0.565. The third-order valence-electron chi connectivity index (χ3n) is 2.80. The zero-order valence-corrected chi connectivity index (χ0v) is 10.7. The van der Waals surface area contributed by atoms with Crippen LogP contribution in [0.5, 0.6) is 5.75 Å². The molecule has 0 aromatic heterocycles. The van der Waals surface area contributed by atoms with Crippen LogP contribution in [-0.2, 0) is 0 Å². The molecule has 1 aromatic carbocycles. The Hall–Kier alpha value is -1.02. The van der Waals surface area contributed by atoms with Gasteiger partial charge in [-0.1, -0.05) is 25.4 Å². The van der Waals surface area contributed by atoms with E-state index in [0.717, 1.165) is 12.8 Å². The van der Waals surface area contributed by atoms with Gasteiger partial charge in [-0.15, -0.1) is 0 Å². The number of carbonyl (C=O) groups is 1. The largest absolute Gasteiger partial charge is 0.497 e. The number of hydrogen-bond acceptors (Lipinski definition) is 2. The number of rotatable bonds is 5. The fraction of sp³-hybridized carbons (Fsp3) is 0.462. The molecule has 0 radical (unpaired) electrons. The molecule has 0 aliphatic carbocycles. The van der Waals surface area contributed by atoms with Gasteiger partial charge in [-0.25, -0.2) is 0 Å². The number of ketones is 1. The van der Waals surface area contributed by atoms with E-state index in [0.29, 0.717) is 16.3 Å². The molecule has 0 unspecified atom stereocenters. The summed E-state index contributed by atoms with van der Waals surface area (Å²) < 4.78 is 5.10. The molecule has 0 spiro atoms. The molecule has 0 aliphatic rings. The topological polar surface area (TPSA) is 26.3 Å². The Morgan fingerprint density at radius 2 is 2.00 bits per heavy atom. The smallest absolute Gasteiger partial charge is 0.167 e. The molecular formula is C13H17ClO2. The van der Waals surface area contributed by atoms with E-state index in [9.17, 15) is 4.79 Å². The van der Waals surface area contributed by atoms with Crippen molar-refractivity contribution in [3.05, 3.63) is 28.8 Å².